The average molecular weight is 347 g/mol. The molecule has 3 fully saturated rings. The van der Waals surface area contributed by atoms with Gasteiger partial charge in [-0.25, -0.2) is 0 Å². The molecule has 3 aliphatic heterocycles. The molecule has 0 aromatic carbocycles. The second-order valence-corrected chi connectivity index (χ2v) is 7.05. The van der Waals surface area contributed by atoms with Crippen LogP contribution < -0.4 is 0 Å². The minimum atomic E-state index is -4.36. The van der Waals surface area contributed by atoms with Gasteiger partial charge in [-0.05, 0) is 38.6 Å². The number of carbonyl (C=O) groups excluding carboxylic acids is 2. The molecule has 0 aromatic rings. The minimum Gasteiger partial charge on any atom is -0.342 e. The van der Waals surface area contributed by atoms with E-state index >= 15 is 0 Å². The van der Waals surface area contributed by atoms with Gasteiger partial charge in [-0.15, -0.1) is 0 Å². The molecule has 0 unspecified atom stereocenters. The van der Waals surface area contributed by atoms with Crippen LogP contribution in [0.1, 0.15) is 32.1 Å². The van der Waals surface area contributed by atoms with Gasteiger partial charge in [-0.1, -0.05) is 0 Å². The Labute approximate surface area is 139 Å². The highest BCUT2D eigenvalue weighted by molar-refractivity contribution is 5.84. The molecule has 3 saturated heterocycles. The number of rotatable bonds is 3. The predicted molar refractivity (Wildman–Crippen MR) is 81.2 cm³/mol. The van der Waals surface area contributed by atoms with Crippen LogP contribution in [0, 0.1) is 5.92 Å². The number of amides is 2. The van der Waals surface area contributed by atoms with Gasteiger partial charge in [0.25, 0.3) is 0 Å². The SMILES string of the molecule is O=C([C@H]1CCCN([C@@H]2CCN(CC(F)(F)F)C2=O)C1)N1CCCC1. The summed E-state index contributed by atoms with van der Waals surface area (Å²) in [6, 6.07) is -0.499. The lowest BCUT2D eigenvalue weighted by Crippen LogP contribution is -2.50. The number of nitrogens with zero attached hydrogens (tertiary/aromatic N) is 3. The van der Waals surface area contributed by atoms with E-state index in [1.807, 2.05) is 9.80 Å². The van der Waals surface area contributed by atoms with Crippen molar-refractivity contribution in [3.63, 3.8) is 0 Å². The quantitative estimate of drug-likeness (QED) is 0.777. The molecule has 0 spiro atoms. The van der Waals surface area contributed by atoms with E-state index in [9.17, 15) is 22.8 Å². The molecule has 3 heterocycles. The fraction of sp³-hybridized carbons (Fsp3) is 0.875. The third kappa shape index (κ3) is 3.84. The first-order valence-electron chi connectivity index (χ1n) is 8.73. The lowest BCUT2D eigenvalue weighted by Gasteiger charge is -2.36. The Morgan fingerprint density at radius 1 is 1.04 bits per heavy atom. The van der Waals surface area contributed by atoms with Crippen LogP contribution in [0.15, 0.2) is 0 Å². The van der Waals surface area contributed by atoms with Crippen molar-refractivity contribution in [2.24, 2.45) is 5.92 Å². The number of piperidine rings is 1. The normalized spacial score (nSPS) is 29.5. The van der Waals surface area contributed by atoms with Crippen LogP contribution in [0.4, 0.5) is 13.2 Å². The van der Waals surface area contributed by atoms with Crippen LogP contribution in [0.3, 0.4) is 0 Å². The van der Waals surface area contributed by atoms with E-state index in [1.54, 1.807) is 0 Å². The van der Waals surface area contributed by atoms with Crippen molar-refractivity contribution in [1.29, 1.82) is 0 Å². The number of halogens is 3. The lowest BCUT2D eigenvalue weighted by molar-refractivity contribution is -0.159. The Kier molecular flexibility index (Phi) is 5.03. The summed E-state index contributed by atoms with van der Waals surface area (Å²) < 4.78 is 37.6. The molecule has 3 aliphatic rings. The molecule has 0 N–H and O–H groups in total. The van der Waals surface area contributed by atoms with E-state index in [0.29, 0.717) is 19.5 Å². The second-order valence-electron chi connectivity index (χ2n) is 7.05. The second kappa shape index (κ2) is 6.90. The van der Waals surface area contributed by atoms with Crippen LogP contribution >= 0.6 is 0 Å². The number of carbonyl (C=O) groups is 2. The summed E-state index contributed by atoms with van der Waals surface area (Å²) in [5.41, 5.74) is 0. The van der Waals surface area contributed by atoms with Gasteiger partial charge >= 0.3 is 6.18 Å². The maximum atomic E-state index is 12.5. The van der Waals surface area contributed by atoms with Gasteiger partial charge < -0.3 is 9.80 Å². The summed E-state index contributed by atoms with van der Waals surface area (Å²) in [7, 11) is 0. The molecule has 0 radical (unpaired) electrons. The van der Waals surface area contributed by atoms with E-state index in [4.69, 9.17) is 0 Å². The number of hydrogen-bond donors (Lipinski definition) is 0. The molecule has 2 atom stereocenters. The summed E-state index contributed by atoms with van der Waals surface area (Å²) >= 11 is 0. The van der Waals surface area contributed by atoms with Gasteiger partial charge in [-0.3, -0.25) is 14.5 Å². The first kappa shape index (κ1) is 17.5. The summed E-state index contributed by atoms with van der Waals surface area (Å²) in [5, 5.41) is 0. The standard InChI is InChI=1S/C16H24F3N3O2/c17-16(18,19)11-22-9-5-13(15(22)24)21-8-3-4-12(10-21)14(23)20-6-1-2-7-20/h12-13H,1-11H2/t12-,13+/m0/s1. The zero-order valence-electron chi connectivity index (χ0n) is 13.7. The molecule has 0 aliphatic carbocycles. The molecule has 0 bridgehead atoms. The van der Waals surface area contributed by atoms with Gasteiger partial charge in [-0.2, -0.15) is 13.2 Å². The van der Waals surface area contributed by atoms with E-state index in [2.05, 4.69) is 0 Å². The number of hydrogen-bond acceptors (Lipinski definition) is 3. The summed E-state index contributed by atoms with van der Waals surface area (Å²) in [4.78, 5) is 29.6. The highest BCUT2D eigenvalue weighted by Gasteiger charge is 2.43. The third-order valence-corrected chi connectivity index (χ3v) is 5.30. The van der Waals surface area contributed by atoms with Crippen molar-refractivity contribution in [2.75, 3.05) is 39.3 Å². The van der Waals surface area contributed by atoms with Gasteiger partial charge in [0.05, 0.1) is 12.0 Å². The maximum absolute atomic E-state index is 12.5. The molecule has 24 heavy (non-hydrogen) atoms. The van der Waals surface area contributed by atoms with Gasteiger partial charge in [0.1, 0.15) is 6.54 Å². The highest BCUT2D eigenvalue weighted by Crippen LogP contribution is 2.28. The lowest BCUT2D eigenvalue weighted by atomic mass is 9.95. The Morgan fingerprint density at radius 3 is 2.42 bits per heavy atom. The van der Waals surface area contributed by atoms with E-state index in [-0.39, 0.29) is 18.4 Å². The smallest absolute Gasteiger partial charge is 0.342 e. The molecule has 0 saturated carbocycles. The maximum Gasteiger partial charge on any atom is 0.406 e. The molecule has 8 heteroatoms. The average Bonchev–Trinajstić information content (AvgIpc) is 3.17. The van der Waals surface area contributed by atoms with Crippen molar-refractivity contribution < 1.29 is 22.8 Å². The zero-order valence-corrected chi connectivity index (χ0v) is 13.7. The molecule has 5 nitrogen and oxygen atoms in total. The van der Waals surface area contributed by atoms with Crippen LogP contribution in [-0.2, 0) is 9.59 Å². The van der Waals surface area contributed by atoms with Gasteiger partial charge in [0, 0.05) is 26.2 Å². The largest absolute Gasteiger partial charge is 0.406 e. The summed E-state index contributed by atoms with van der Waals surface area (Å²) in [5.74, 6) is -0.419. The predicted octanol–water partition coefficient (Wildman–Crippen LogP) is 1.48. The van der Waals surface area contributed by atoms with Gasteiger partial charge in [0.2, 0.25) is 11.8 Å². The van der Waals surface area contributed by atoms with E-state index < -0.39 is 24.7 Å². The Balaban J connectivity index is 1.58. The summed E-state index contributed by atoms with van der Waals surface area (Å²) in [6.07, 6.45) is -0.252. The monoisotopic (exact) mass is 347 g/mol. The van der Waals surface area contributed by atoms with Crippen LogP contribution in [0.5, 0.6) is 0 Å². The first-order valence-corrected chi connectivity index (χ1v) is 8.73. The van der Waals surface area contributed by atoms with Crippen LogP contribution in [-0.4, -0.2) is 78.0 Å². The van der Waals surface area contributed by atoms with Crippen molar-refractivity contribution in [3.05, 3.63) is 0 Å². The molecule has 2 amide bonds. The summed E-state index contributed by atoms with van der Waals surface area (Å²) in [6.45, 7) is 1.75. The van der Waals surface area contributed by atoms with Crippen LogP contribution in [0.2, 0.25) is 0 Å². The molecule has 0 aromatic heterocycles. The fourth-order valence-electron chi connectivity index (χ4n) is 4.12. The van der Waals surface area contributed by atoms with Crippen molar-refractivity contribution >= 4 is 11.8 Å². The topological polar surface area (TPSA) is 43.9 Å². The molecule has 3 rings (SSSR count). The van der Waals surface area contributed by atoms with Crippen molar-refractivity contribution in [1.82, 2.24) is 14.7 Å². The number of alkyl halides is 3. The van der Waals surface area contributed by atoms with E-state index in [0.717, 1.165) is 43.7 Å². The van der Waals surface area contributed by atoms with Crippen LogP contribution in [0.25, 0.3) is 0 Å². The Hall–Kier alpha value is -1.31. The highest BCUT2D eigenvalue weighted by atomic mass is 19.4. The van der Waals surface area contributed by atoms with E-state index in [1.165, 1.54) is 0 Å². The fourth-order valence-corrected chi connectivity index (χ4v) is 4.12. The van der Waals surface area contributed by atoms with Crippen molar-refractivity contribution in [2.45, 2.75) is 44.3 Å². The third-order valence-electron chi connectivity index (χ3n) is 5.30. The van der Waals surface area contributed by atoms with Gasteiger partial charge in [0.15, 0.2) is 0 Å². The first-order chi connectivity index (χ1) is 11.3. The zero-order chi connectivity index (χ0) is 17.3. The minimum absolute atomic E-state index is 0.124. The molecular formula is C16H24F3N3O2. The Morgan fingerprint density at radius 2 is 1.75 bits per heavy atom. The molecular weight excluding hydrogens is 323 g/mol. The molecule has 136 valence electrons. The Bertz CT molecular complexity index is 491. The van der Waals surface area contributed by atoms with Crippen molar-refractivity contribution in [3.8, 4) is 0 Å². The number of likely N-dealkylation sites (tertiary alicyclic amines) is 3.